The summed E-state index contributed by atoms with van der Waals surface area (Å²) >= 11 is 0. The predicted molar refractivity (Wildman–Crippen MR) is 120 cm³/mol. The van der Waals surface area contributed by atoms with Crippen LogP contribution in [-0.2, 0) is 5.60 Å². The maximum Gasteiger partial charge on any atom is 0.137 e. The smallest absolute Gasteiger partial charge is 0.137 e. The summed E-state index contributed by atoms with van der Waals surface area (Å²) in [7, 11) is 0. The summed E-state index contributed by atoms with van der Waals surface area (Å²) < 4.78 is 0. The molecule has 0 spiro atoms. The second-order valence-corrected chi connectivity index (χ2v) is 8.02. The maximum absolute atomic E-state index is 12.1. The van der Waals surface area contributed by atoms with Gasteiger partial charge < -0.3 is 10.2 Å². The zero-order valence-electron chi connectivity index (χ0n) is 17.5. The Bertz CT molecular complexity index is 927. The van der Waals surface area contributed by atoms with Crippen LogP contribution in [0.3, 0.4) is 0 Å². The summed E-state index contributed by atoms with van der Waals surface area (Å²) in [5.41, 5.74) is 3.22. The molecule has 3 aromatic carbocycles. The van der Waals surface area contributed by atoms with Gasteiger partial charge in [-0.3, -0.25) is 4.99 Å². The first kappa shape index (κ1) is 20.8. The van der Waals surface area contributed by atoms with E-state index >= 15 is 0 Å². The Morgan fingerprint density at radius 2 is 1.28 bits per heavy atom. The highest BCUT2D eigenvalue weighted by Crippen LogP contribution is 2.38. The Balaban J connectivity index is 2.14. The number of aliphatic imine (C=N–C) groups is 1. The number of hydrogen-bond acceptors (Lipinski definition) is 3. The van der Waals surface area contributed by atoms with Gasteiger partial charge in [0.05, 0.1) is 6.04 Å². The molecule has 0 radical (unpaired) electrons. The highest BCUT2D eigenvalue weighted by Gasteiger charge is 2.41. The molecule has 0 aromatic heterocycles. The predicted octanol–water partition coefficient (Wildman–Crippen LogP) is 5.39. The van der Waals surface area contributed by atoms with Gasteiger partial charge in [0.1, 0.15) is 11.4 Å². The highest BCUT2D eigenvalue weighted by atomic mass is 16.3. The van der Waals surface area contributed by atoms with Crippen LogP contribution in [0.15, 0.2) is 77.8 Å². The van der Waals surface area contributed by atoms with Crippen molar-refractivity contribution in [3.8, 4) is 5.75 Å². The summed E-state index contributed by atoms with van der Waals surface area (Å²) in [6.07, 6.45) is 1.66. The van der Waals surface area contributed by atoms with Crippen LogP contribution in [0.5, 0.6) is 5.75 Å². The summed E-state index contributed by atoms with van der Waals surface area (Å²) in [5.74, 6) is 0.234. The van der Waals surface area contributed by atoms with Crippen molar-refractivity contribution in [3.05, 3.63) is 101 Å². The molecule has 0 aliphatic heterocycles. The summed E-state index contributed by atoms with van der Waals surface area (Å²) in [5, 5.41) is 22.2. The normalized spacial score (nSPS) is 13.2. The molecule has 29 heavy (non-hydrogen) atoms. The van der Waals surface area contributed by atoms with Crippen LogP contribution in [0.4, 0.5) is 0 Å². The number of aliphatic hydroxyl groups is 1. The molecule has 0 aliphatic rings. The largest absolute Gasteiger partial charge is 0.507 e. The van der Waals surface area contributed by atoms with Crippen molar-refractivity contribution in [2.45, 2.75) is 39.3 Å². The van der Waals surface area contributed by atoms with E-state index in [1.54, 1.807) is 18.3 Å². The minimum absolute atomic E-state index is 0.0599. The van der Waals surface area contributed by atoms with Gasteiger partial charge in [0.25, 0.3) is 0 Å². The molecular formula is C26H29NO2. The molecule has 0 saturated heterocycles. The first-order valence-corrected chi connectivity index (χ1v) is 10.00. The number of aromatic hydroxyl groups is 1. The number of para-hydroxylation sites is 1. The van der Waals surface area contributed by atoms with Crippen LogP contribution in [-0.4, -0.2) is 22.5 Å². The molecule has 3 rings (SSSR count). The van der Waals surface area contributed by atoms with E-state index in [9.17, 15) is 10.2 Å². The summed E-state index contributed by atoms with van der Waals surface area (Å²) in [6.45, 7) is 8.18. The minimum atomic E-state index is -1.30. The first-order valence-electron chi connectivity index (χ1n) is 10.00. The molecule has 0 heterocycles. The van der Waals surface area contributed by atoms with Gasteiger partial charge in [0.2, 0.25) is 0 Å². The third-order valence-electron chi connectivity index (χ3n) is 5.35. The zero-order valence-corrected chi connectivity index (χ0v) is 17.5. The van der Waals surface area contributed by atoms with Crippen molar-refractivity contribution in [3.63, 3.8) is 0 Å². The summed E-state index contributed by atoms with van der Waals surface area (Å²) in [6, 6.07) is 22.6. The highest BCUT2D eigenvalue weighted by molar-refractivity contribution is 5.83. The van der Waals surface area contributed by atoms with Gasteiger partial charge in [-0.05, 0) is 43.0 Å². The number of phenolic OH excluding ortho intramolecular Hbond substituents is 1. The van der Waals surface area contributed by atoms with E-state index in [-0.39, 0.29) is 11.7 Å². The van der Waals surface area contributed by atoms with Crippen molar-refractivity contribution in [2.75, 3.05) is 0 Å². The van der Waals surface area contributed by atoms with Crippen molar-refractivity contribution in [1.82, 2.24) is 0 Å². The van der Waals surface area contributed by atoms with Crippen LogP contribution < -0.4 is 0 Å². The van der Waals surface area contributed by atoms with E-state index in [4.69, 9.17) is 4.99 Å². The van der Waals surface area contributed by atoms with Gasteiger partial charge in [-0.15, -0.1) is 0 Å². The second-order valence-electron chi connectivity index (χ2n) is 8.02. The molecule has 0 fully saturated rings. The molecule has 1 unspecified atom stereocenters. The molecule has 2 N–H and O–H groups in total. The van der Waals surface area contributed by atoms with Crippen molar-refractivity contribution >= 4 is 6.21 Å². The molecule has 1 atom stereocenters. The zero-order chi connectivity index (χ0) is 21.0. The van der Waals surface area contributed by atoms with E-state index in [1.165, 1.54) is 0 Å². The number of rotatable bonds is 6. The number of aryl methyl sites for hydroxylation is 2. The Morgan fingerprint density at radius 1 is 0.793 bits per heavy atom. The lowest BCUT2D eigenvalue weighted by Gasteiger charge is -2.37. The van der Waals surface area contributed by atoms with Crippen molar-refractivity contribution < 1.29 is 10.2 Å². The lowest BCUT2D eigenvalue weighted by molar-refractivity contribution is 0.0366. The molecule has 3 nitrogen and oxygen atoms in total. The van der Waals surface area contributed by atoms with Gasteiger partial charge in [-0.1, -0.05) is 85.6 Å². The van der Waals surface area contributed by atoms with Crippen LogP contribution in [0.25, 0.3) is 0 Å². The third kappa shape index (κ3) is 4.41. The third-order valence-corrected chi connectivity index (χ3v) is 5.35. The van der Waals surface area contributed by atoms with Gasteiger partial charge >= 0.3 is 0 Å². The van der Waals surface area contributed by atoms with Crippen LogP contribution in [0, 0.1) is 19.8 Å². The fourth-order valence-corrected chi connectivity index (χ4v) is 3.64. The van der Waals surface area contributed by atoms with Crippen LogP contribution in [0.1, 0.15) is 41.7 Å². The van der Waals surface area contributed by atoms with E-state index < -0.39 is 11.6 Å². The monoisotopic (exact) mass is 387 g/mol. The van der Waals surface area contributed by atoms with Crippen LogP contribution >= 0.6 is 0 Å². The molecule has 0 saturated carbocycles. The fourth-order valence-electron chi connectivity index (χ4n) is 3.64. The Hall–Kier alpha value is -2.91. The molecule has 3 heteroatoms. The molecular weight excluding hydrogens is 358 g/mol. The Labute approximate surface area is 173 Å². The molecule has 0 amide bonds. The first-order chi connectivity index (χ1) is 13.8. The van der Waals surface area contributed by atoms with Gasteiger partial charge in [0, 0.05) is 11.8 Å². The van der Waals surface area contributed by atoms with E-state index in [1.807, 2.05) is 74.5 Å². The molecule has 3 aromatic rings. The van der Waals surface area contributed by atoms with E-state index in [0.29, 0.717) is 5.56 Å². The quantitative estimate of drug-likeness (QED) is 0.557. The number of nitrogens with zero attached hydrogens (tertiary/aromatic N) is 1. The van der Waals surface area contributed by atoms with E-state index in [2.05, 4.69) is 13.8 Å². The maximum atomic E-state index is 12.1. The van der Waals surface area contributed by atoms with Crippen molar-refractivity contribution in [1.29, 1.82) is 0 Å². The average Bonchev–Trinajstić information content (AvgIpc) is 2.70. The number of benzene rings is 3. The molecule has 0 aliphatic carbocycles. The number of hydrogen-bond donors (Lipinski definition) is 2. The van der Waals surface area contributed by atoms with E-state index in [0.717, 1.165) is 22.3 Å². The fraction of sp³-hybridized carbons (Fsp3) is 0.269. The second kappa shape index (κ2) is 8.62. The lowest BCUT2D eigenvalue weighted by Crippen LogP contribution is -2.43. The Kier molecular flexibility index (Phi) is 6.19. The van der Waals surface area contributed by atoms with Gasteiger partial charge in [0.15, 0.2) is 0 Å². The van der Waals surface area contributed by atoms with Gasteiger partial charge in [-0.2, -0.15) is 0 Å². The van der Waals surface area contributed by atoms with Crippen molar-refractivity contribution in [2.24, 2.45) is 10.9 Å². The minimum Gasteiger partial charge on any atom is -0.507 e. The molecule has 150 valence electrons. The SMILES string of the molecule is Cc1ccc(C(O)(c2ccc(C)cc2)C(N=Cc2ccccc2O)C(C)C)cc1. The van der Waals surface area contributed by atoms with Crippen LogP contribution in [0.2, 0.25) is 0 Å². The standard InChI is InChI=1S/C26H29NO2/c1-18(2)25(27-17-21-7-5-6-8-24(21)28)26(29,22-13-9-19(3)10-14-22)23-15-11-20(4)12-16-23/h5-18,25,28-29H,1-4H3. The molecule has 0 bridgehead atoms. The average molecular weight is 388 g/mol. The Morgan fingerprint density at radius 3 is 1.72 bits per heavy atom. The topological polar surface area (TPSA) is 52.8 Å². The number of phenols is 1. The van der Waals surface area contributed by atoms with Gasteiger partial charge in [-0.25, -0.2) is 0 Å². The summed E-state index contributed by atoms with van der Waals surface area (Å²) in [4.78, 5) is 4.79. The lowest BCUT2D eigenvalue weighted by atomic mass is 9.76.